The number of rotatable bonds is 11. The number of aryl methyl sites for hydroxylation is 1. The Morgan fingerprint density at radius 3 is 2.69 bits per heavy atom. The topological polar surface area (TPSA) is 97.3 Å². The maximum absolute atomic E-state index is 14.0. The van der Waals surface area contributed by atoms with Gasteiger partial charge in [-0.2, -0.15) is 0 Å². The molecule has 1 saturated carbocycles. The van der Waals surface area contributed by atoms with Gasteiger partial charge < -0.3 is 29.7 Å². The third-order valence-electron chi connectivity index (χ3n) is 6.91. The Bertz CT molecular complexity index is 1100. The summed E-state index contributed by atoms with van der Waals surface area (Å²) >= 11 is 0. The van der Waals surface area contributed by atoms with Gasteiger partial charge in [0.1, 0.15) is 17.8 Å². The van der Waals surface area contributed by atoms with E-state index in [0.717, 1.165) is 28.0 Å². The minimum Gasteiger partial charge on any atom is -0.494 e. The Labute approximate surface area is 205 Å². The predicted octanol–water partition coefficient (Wildman–Crippen LogP) is 3.75. The van der Waals surface area contributed by atoms with Gasteiger partial charge in [0.2, 0.25) is 0 Å². The molecule has 1 aliphatic heterocycles. The highest BCUT2D eigenvalue weighted by Crippen LogP contribution is 2.61. The molecule has 3 N–H and O–H groups in total. The van der Waals surface area contributed by atoms with E-state index in [9.17, 15) is 19.4 Å². The molecule has 0 radical (unpaired) electrons. The second-order valence-corrected chi connectivity index (χ2v) is 10.2. The van der Waals surface area contributed by atoms with E-state index in [1.165, 1.54) is 13.2 Å². The second-order valence-electron chi connectivity index (χ2n) is 10.2. The van der Waals surface area contributed by atoms with E-state index < -0.39 is 23.8 Å². The number of carboxylic acid groups (broad SMARTS) is 1. The largest absolute Gasteiger partial charge is 0.494 e. The molecule has 1 aliphatic carbocycles. The van der Waals surface area contributed by atoms with Gasteiger partial charge in [-0.15, -0.1) is 0 Å². The fourth-order valence-corrected chi connectivity index (χ4v) is 4.97. The number of hydrogen-bond donors (Lipinski definition) is 3. The van der Waals surface area contributed by atoms with E-state index in [1.807, 2.05) is 45.9 Å². The number of β-amino-alcohol motifs (C(OH)–C–C–N with tert-alkyl or cyclic N) is 1. The highest BCUT2D eigenvalue weighted by atomic mass is 19.1. The van der Waals surface area contributed by atoms with Crippen LogP contribution in [-0.2, 0) is 16.0 Å². The van der Waals surface area contributed by atoms with Crippen molar-refractivity contribution in [3.05, 3.63) is 58.4 Å². The minimum absolute atomic E-state index is 0.112. The monoisotopic (exact) mass is 487 g/mol. The minimum atomic E-state index is -0.840. The molecule has 2 aromatic rings. The van der Waals surface area contributed by atoms with Gasteiger partial charge in [-0.05, 0) is 62.9 Å². The lowest BCUT2D eigenvalue weighted by atomic mass is 9.94. The Morgan fingerprint density at radius 2 is 2.03 bits per heavy atom. The number of ether oxygens (including phenoxy) is 3. The summed E-state index contributed by atoms with van der Waals surface area (Å²) in [6.07, 6.45) is -0.808. The molecule has 7 nitrogen and oxygen atoms in total. The zero-order chi connectivity index (χ0) is 25.5. The zero-order valence-corrected chi connectivity index (χ0v) is 20.8. The number of aliphatic carboxylic acids is 1. The molecular weight excluding hydrogens is 453 g/mol. The molecular formula is C27H34FNO6. The van der Waals surface area contributed by atoms with Crippen molar-refractivity contribution < 1.29 is 33.6 Å². The van der Waals surface area contributed by atoms with Gasteiger partial charge in [-0.1, -0.05) is 18.2 Å². The molecule has 190 valence electrons. The summed E-state index contributed by atoms with van der Waals surface area (Å²) in [6, 6.07) is 8.82. The van der Waals surface area contributed by atoms with Crippen molar-refractivity contribution in [3.8, 4) is 11.5 Å². The van der Waals surface area contributed by atoms with Crippen LogP contribution >= 0.6 is 0 Å². The summed E-state index contributed by atoms with van der Waals surface area (Å²) in [5, 5.41) is 23.3. The first-order chi connectivity index (χ1) is 16.5. The number of methoxy groups -OCH3 is 1. The number of aliphatic hydroxyl groups excluding tert-OH is 1. The number of benzene rings is 2. The maximum Gasteiger partial charge on any atom is 0.311 e. The molecule has 2 aliphatic rings. The lowest BCUT2D eigenvalue weighted by Gasteiger charge is -2.28. The van der Waals surface area contributed by atoms with E-state index in [0.29, 0.717) is 13.0 Å². The van der Waals surface area contributed by atoms with Gasteiger partial charge in [0, 0.05) is 23.6 Å². The molecule has 2 aromatic carbocycles. The van der Waals surface area contributed by atoms with Crippen LogP contribution in [0.15, 0.2) is 30.3 Å². The maximum atomic E-state index is 14.0. The lowest BCUT2D eigenvalue weighted by molar-refractivity contribution is -0.139. The van der Waals surface area contributed by atoms with E-state index in [4.69, 9.17) is 14.2 Å². The van der Waals surface area contributed by atoms with E-state index in [1.54, 1.807) is 6.07 Å². The van der Waals surface area contributed by atoms with Gasteiger partial charge in [0.15, 0.2) is 11.6 Å². The van der Waals surface area contributed by atoms with Gasteiger partial charge in [-0.25, -0.2) is 4.39 Å². The highest BCUT2D eigenvalue weighted by molar-refractivity contribution is 5.79. The molecule has 0 aromatic heterocycles. The molecule has 1 unspecified atom stereocenters. The van der Waals surface area contributed by atoms with Crippen molar-refractivity contribution in [2.24, 2.45) is 5.92 Å². The molecule has 4 rings (SSSR count). The molecule has 0 saturated heterocycles. The van der Waals surface area contributed by atoms with Gasteiger partial charge in [0.25, 0.3) is 0 Å². The van der Waals surface area contributed by atoms with E-state index >= 15 is 0 Å². The number of hydrogen-bond acceptors (Lipinski definition) is 6. The number of carbonyl (C=O) groups is 1. The number of fused-ring (bicyclic) bond motifs is 3. The van der Waals surface area contributed by atoms with Crippen molar-refractivity contribution in [2.75, 3.05) is 20.3 Å². The Balaban J connectivity index is 1.31. The lowest BCUT2D eigenvalue weighted by Crippen LogP contribution is -2.46. The van der Waals surface area contributed by atoms with Crippen molar-refractivity contribution in [2.45, 2.75) is 63.9 Å². The summed E-state index contributed by atoms with van der Waals surface area (Å²) in [6.45, 7) is 8.25. The third kappa shape index (κ3) is 5.29. The van der Waals surface area contributed by atoms with E-state index in [-0.39, 0.29) is 36.0 Å². The molecule has 5 atom stereocenters. The average Bonchev–Trinajstić information content (AvgIpc) is 3.38. The highest BCUT2D eigenvalue weighted by Gasteiger charge is 2.64. The quantitative estimate of drug-likeness (QED) is 0.444. The molecule has 1 fully saturated rings. The van der Waals surface area contributed by atoms with Crippen LogP contribution in [0.2, 0.25) is 0 Å². The molecule has 8 heteroatoms. The van der Waals surface area contributed by atoms with Crippen LogP contribution < -0.4 is 14.8 Å². The number of aliphatic hydroxyl groups is 1. The number of carboxylic acids is 1. The van der Waals surface area contributed by atoms with Gasteiger partial charge in [0.05, 0.1) is 25.9 Å². The molecule has 0 bridgehead atoms. The Kier molecular flexibility index (Phi) is 7.09. The fraction of sp³-hybridized carbons (Fsp3) is 0.519. The smallest absolute Gasteiger partial charge is 0.311 e. The van der Waals surface area contributed by atoms with E-state index in [2.05, 4.69) is 5.32 Å². The normalized spacial score (nSPS) is 22.1. The fourth-order valence-electron chi connectivity index (χ4n) is 4.97. The predicted molar refractivity (Wildman–Crippen MR) is 129 cm³/mol. The first kappa shape index (κ1) is 25.4. The SMILES string of the molecule is COc1ccc(CC(C)(C)NCC(O)CO[C@H](C)c2ccc(C)c3c2[C@H]2[C@@H](O3)[C@@H]2C(=O)O)cc1F. The van der Waals surface area contributed by atoms with Crippen molar-refractivity contribution >= 4 is 5.97 Å². The van der Waals surface area contributed by atoms with Gasteiger partial charge >= 0.3 is 5.97 Å². The van der Waals surface area contributed by atoms with Crippen LogP contribution in [0.1, 0.15) is 55.0 Å². The summed E-state index contributed by atoms with van der Waals surface area (Å²) < 4.78 is 30.9. The molecule has 1 heterocycles. The average molecular weight is 488 g/mol. The Hall–Kier alpha value is -2.68. The van der Waals surface area contributed by atoms with Crippen molar-refractivity contribution in [1.82, 2.24) is 5.32 Å². The molecule has 0 amide bonds. The summed E-state index contributed by atoms with van der Waals surface area (Å²) in [5.74, 6) is -0.909. The molecule has 0 spiro atoms. The van der Waals surface area contributed by atoms with Crippen LogP contribution in [0.5, 0.6) is 11.5 Å². The zero-order valence-electron chi connectivity index (χ0n) is 20.8. The van der Waals surface area contributed by atoms with Crippen LogP contribution in [-0.4, -0.2) is 54.2 Å². The van der Waals surface area contributed by atoms with Crippen molar-refractivity contribution in [1.29, 1.82) is 0 Å². The van der Waals surface area contributed by atoms with Crippen molar-refractivity contribution in [3.63, 3.8) is 0 Å². The van der Waals surface area contributed by atoms with Crippen LogP contribution in [0.3, 0.4) is 0 Å². The second kappa shape index (κ2) is 9.76. The first-order valence-electron chi connectivity index (χ1n) is 11.9. The number of halogens is 1. The standard InChI is InChI=1S/C27H34FNO6/c1-14-6-8-18(21-22-23(26(31)32)25(22)35-24(14)21)15(2)34-13-17(30)12-29-27(3,4)11-16-7-9-20(33-5)19(28)10-16/h6-10,15,17,22-23,25,29-30H,11-13H2,1-5H3,(H,31,32)/t15-,17?,22-,23-,25-/m1/s1. The molecule has 35 heavy (non-hydrogen) atoms. The van der Waals surface area contributed by atoms with Crippen LogP contribution in [0, 0.1) is 18.7 Å². The van der Waals surface area contributed by atoms with Crippen LogP contribution in [0.25, 0.3) is 0 Å². The summed E-state index contributed by atoms with van der Waals surface area (Å²) in [5.41, 5.74) is 3.26. The van der Waals surface area contributed by atoms with Gasteiger partial charge in [-0.3, -0.25) is 4.79 Å². The number of nitrogens with one attached hydrogen (secondary N) is 1. The first-order valence-corrected chi connectivity index (χ1v) is 11.9. The summed E-state index contributed by atoms with van der Waals surface area (Å²) in [7, 11) is 1.43. The Morgan fingerprint density at radius 1 is 1.29 bits per heavy atom. The summed E-state index contributed by atoms with van der Waals surface area (Å²) in [4.78, 5) is 11.5. The third-order valence-corrected chi connectivity index (χ3v) is 6.91. The van der Waals surface area contributed by atoms with Crippen LogP contribution in [0.4, 0.5) is 4.39 Å².